The number of likely N-dealkylation sites (tertiary alicyclic amines) is 1. The van der Waals surface area contributed by atoms with Gasteiger partial charge in [-0.15, -0.1) is 0 Å². The second-order valence-corrected chi connectivity index (χ2v) is 9.48. The van der Waals surface area contributed by atoms with Crippen LogP contribution in [0.4, 0.5) is 15.8 Å². The number of fused-ring (bicyclic) bond motifs is 2. The van der Waals surface area contributed by atoms with Crippen LogP contribution < -0.4 is 16.0 Å². The molecule has 5 unspecified atom stereocenters. The minimum Gasteiger partial charge on any atom is -0.368 e. The monoisotopic (exact) mass is 450 g/mol. The van der Waals surface area contributed by atoms with Crippen molar-refractivity contribution in [2.75, 3.05) is 63.6 Å². The smallest absolute Gasteiger partial charge is 0.238 e. The van der Waals surface area contributed by atoms with Gasteiger partial charge in [-0.2, -0.15) is 0 Å². The molecule has 5 atom stereocenters. The van der Waals surface area contributed by atoms with E-state index >= 15 is 0 Å². The maximum absolute atomic E-state index is 13.8. The quantitative estimate of drug-likeness (QED) is 0.692. The summed E-state index contributed by atoms with van der Waals surface area (Å²) < 4.78 is 13.8. The van der Waals surface area contributed by atoms with Gasteiger partial charge in [0, 0.05) is 39.4 Å². The number of nitrogens with one attached hydrogen (secondary N) is 1. The maximum Gasteiger partial charge on any atom is 0.238 e. The van der Waals surface area contributed by atoms with Crippen molar-refractivity contribution in [3.8, 4) is 0 Å². The second kappa shape index (κ2) is 7.84. The molecule has 1 amide bonds. The Balaban J connectivity index is 1.38. The van der Waals surface area contributed by atoms with Gasteiger partial charge < -0.3 is 20.9 Å². The first-order valence-electron chi connectivity index (χ1n) is 10.7. The summed E-state index contributed by atoms with van der Waals surface area (Å²) >= 11 is 6.54. The average Bonchev–Trinajstić information content (AvgIpc) is 3.32. The number of anilines is 2. The number of aromatic nitrogens is 1. The van der Waals surface area contributed by atoms with E-state index in [0.717, 1.165) is 31.9 Å². The number of alkyl halides is 1. The van der Waals surface area contributed by atoms with Crippen LogP contribution in [0.1, 0.15) is 0 Å². The van der Waals surface area contributed by atoms with Crippen molar-refractivity contribution < 1.29 is 9.18 Å². The van der Waals surface area contributed by atoms with Gasteiger partial charge in [0.25, 0.3) is 0 Å². The molecule has 3 fully saturated rings. The predicted molar refractivity (Wildman–Crippen MR) is 118 cm³/mol. The fourth-order valence-electron chi connectivity index (χ4n) is 5.43. The topological polar surface area (TPSA) is 93.3 Å². The fraction of sp³-hybridized carbons (Fsp3) is 0.650. The van der Waals surface area contributed by atoms with Crippen LogP contribution in [0, 0.1) is 17.8 Å². The van der Waals surface area contributed by atoms with E-state index in [1.807, 2.05) is 0 Å². The van der Waals surface area contributed by atoms with E-state index in [0.29, 0.717) is 28.4 Å². The summed E-state index contributed by atoms with van der Waals surface area (Å²) in [7, 11) is 3.90. The van der Waals surface area contributed by atoms with E-state index in [2.05, 4.69) is 32.1 Å². The first kappa shape index (κ1) is 20.9. The standard InChI is InChI=1S/C20H28ClFN8O/c1-27-6-11-8-29(9-12(11)7-27)17-14(21)4-24-5-15(17)26-20(31)16-18(23)28(2)30-10-13(22)3-25-19(16)30/h4-5,11-13,16,18H,3,6-10,23H2,1-2H3,(H,26,31). The van der Waals surface area contributed by atoms with Gasteiger partial charge in [0.05, 0.1) is 41.8 Å². The molecule has 4 aliphatic heterocycles. The lowest BCUT2D eigenvalue weighted by atomic mass is 10.0. The first-order chi connectivity index (χ1) is 14.8. The van der Waals surface area contributed by atoms with Crippen LogP contribution in [0.25, 0.3) is 0 Å². The molecule has 0 radical (unpaired) electrons. The first-order valence-corrected chi connectivity index (χ1v) is 11.0. The molecule has 0 bridgehead atoms. The number of hydrazine groups is 1. The number of carbonyl (C=O) groups excluding carboxylic acids is 1. The number of rotatable bonds is 3. The molecular formula is C20H28ClFN8O. The molecule has 11 heteroatoms. The van der Waals surface area contributed by atoms with Crippen molar-refractivity contribution >= 4 is 34.7 Å². The SMILES string of the molecule is CN1CC2CN(c3c(Cl)cncc3NC(=O)C3C4=NCC(F)CN4N(C)C3N)CC2C1. The third kappa shape index (κ3) is 3.55. The molecule has 1 aromatic rings. The van der Waals surface area contributed by atoms with Crippen molar-refractivity contribution in [1.29, 1.82) is 0 Å². The van der Waals surface area contributed by atoms with Crippen molar-refractivity contribution in [2.24, 2.45) is 28.5 Å². The number of halogens is 2. The van der Waals surface area contributed by atoms with Gasteiger partial charge >= 0.3 is 0 Å². The van der Waals surface area contributed by atoms with E-state index in [9.17, 15) is 9.18 Å². The minimum absolute atomic E-state index is 0.0468. The zero-order chi connectivity index (χ0) is 21.9. The number of nitrogens with zero attached hydrogens (tertiary/aromatic N) is 6. The third-order valence-corrected chi connectivity index (χ3v) is 7.19. The molecule has 5 rings (SSSR count). The van der Waals surface area contributed by atoms with E-state index < -0.39 is 18.3 Å². The van der Waals surface area contributed by atoms with Crippen LogP contribution in [0.2, 0.25) is 5.02 Å². The highest BCUT2D eigenvalue weighted by molar-refractivity contribution is 6.34. The number of amides is 1. The molecule has 0 aliphatic carbocycles. The fourth-order valence-corrected chi connectivity index (χ4v) is 5.70. The van der Waals surface area contributed by atoms with Gasteiger partial charge in [0.15, 0.2) is 0 Å². The molecule has 0 aromatic carbocycles. The number of aliphatic imine (C=N–C) groups is 1. The molecular weight excluding hydrogens is 423 g/mol. The van der Waals surface area contributed by atoms with Crippen molar-refractivity contribution in [3.05, 3.63) is 17.4 Å². The molecule has 5 heterocycles. The van der Waals surface area contributed by atoms with Gasteiger partial charge in [0.1, 0.15) is 17.9 Å². The summed E-state index contributed by atoms with van der Waals surface area (Å²) in [5.41, 5.74) is 7.68. The zero-order valence-corrected chi connectivity index (χ0v) is 18.5. The van der Waals surface area contributed by atoms with Gasteiger partial charge in [-0.3, -0.25) is 19.8 Å². The van der Waals surface area contributed by atoms with Crippen LogP contribution in [-0.2, 0) is 4.79 Å². The molecule has 3 saturated heterocycles. The Morgan fingerprint density at radius 3 is 2.61 bits per heavy atom. The molecule has 3 N–H and O–H groups in total. The number of nitrogens with two attached hydrogens (primary N) is 1. The summed E-state index contributed by atoms with van der Waals surface area (Å²) in [4.78, 5) is 26.4. The molecule has 9 nitrogen and oxygen atoms in total. The van der Waals surface area contributed by atoms with Gasteiger partial charge in [-0.25, -0.2) is 9.40 Å². The minimum atomic E-state index is -1.07. The Bertz CT molecular complexity index is 901. The molecule has 1 aromatic heterocycles. The van der Waals surface area contributed by atoms with Gasteiger partial charge in [-0.05, 0) is 18.9 Å². The highest BCUT2D eigenvalue weighted by Gasteiger charge is 2.47. The second-order valence-electron chi connectivity index (χ2n) is 9.07. The van der Waals surface area contributed by atoms with Crippen molar-refractivity contribution in [1.82, 2.24) is 19.9 Å². The summed E-state index contributed by atoms with van der Waals surface area (Å²) in [5, 5.41) is 6.85. The average molecular weight is 451 g/mol. The summed E-state index contributed by atoms with van der Waals surface area (Å²) in [5.74, 6) is 0.706. The van der Waals surface area contributed by atoms with Crippen LogP contribution in [0.5, 0.6) is 0 Å². The lowest BCUT2D eigenvalue weighted by Crippen LogP contribution is -2.47. The highest BCUT2D eigenvalue weighted by Crippen LogP contribution is 2.40. The summed E-state index contributed by atoms with van der Waals surface area (Å²) in [6, 6.07) is 0. The van der Waals surface area contributed by atoms with E-state index in [1.54, 1.807) is 29.5 Å². The Labute approximate surface area is 186 Å². The maximum atomic E-state index is 13.8. The number of amidine groups is 1. The lowest BCUT2D eigenvalue weighted by Gasteiger charge is -2.31. The van der Waals surface area contributed by atoms with Crippen molar-refractivity contribution in [3.63, 3.8) is 0 Å². The van der Waals surface area contributed by atoms with E-state index in [1.165, 1.54) is 0 Å². The largest absolute Gasteiger partial charge is 0.368 e. The normalized spacial score (nSPS) is 33.5. The lowest BCUT2D eigenvalue weighted by molar-refractivity contribution is -0.119. The molecule has 168 valence electrons. The number of hydrogen-bond acceptors (Lipinski definition) is 8. The Morgan fingerprint density at radius 1 is 1.19 bits per heavy atom. The Kier molecular flexibility index (Phi) is 5.28. The van der Waals surface area contributed by atoms with Crippen LogP contribution in [-0.4, -0.2) is 97.3 Å². The van der Waals surface area contributed by atoms with E-state index in [4.69, 9.17) is 17.3 Å². The van der Waals surface area contributed by atoms with Crippen LogP contribution in [0.15, 0.2) is 17.4 Å². The third-order valence-electron chi connectivity index (χ3n) is 6.92. The summed E-state index contributed by atoms with van der Waals surface area (Å²) in [6.07, 6.45) is 1.54. The number of carbonyl (C=O) groups is 1. The highest BCUT2D eigenvalue weighted by atomic mass is 35.5. The van der Waals surface area contributed by atoms with Crippen LogP contribution >= 0.6 is 11.6 Å². The number of hydrogen-bond donors (Lipinski definition) is 2. The zero-order valence-electron chi connectivity index (χ0n) is 17.7. The van der Waals surface area contributed by atoms with Crippen molar-refractivity contribution in [2.45, 2.75) is 12.3 Å². The van der Waals surface area contributed by atoms with Gasteiger partial charge in [-0.1, -0.05) is 11.6 Å². The molecule has 0 saturated carbocycles. The van der Waals surface area contributed by atoms with Gasteiger partial charge in [0.2, 0.25) is 5.91 Å². The Morgan fingerprint density at radius 2 is 1.90 bits per heavy atom. The van der Waals surface area contributed by atoms with Crippen LogP contribution in [0.3, 0.4) is 0 Å². The predicted octanol–water partition coefficient (Wildman–Crippen LogP) is 0.485. The summed E-state index contributed by atoms with van der Waals surface area (Å²) in [6.45, 7) is 4.13. The number of pyridine rings is 1. The molecule has 4 aliphatic rings. The molecule has 31 heavy (non-hydrogen) atoms. The molecule has 0 spiro atoms. The Hall–Kier alpha value is -2.01. The van der Waals surface area contributed by atoms with E-state index in [-0.39, 0.29) is 19.0 Å².